The van der Waals surface area contributed by atoms with Crippen LogP contribution in [0.3, 0.4) is 0 Å². The van der Waals surface area contributed by atoms with E-state index in [-0.39, 0.29) is 23.8 Å². The van der Waals surface area contributed by atoms with Crippen molar-refractivity contribution in [2.24, 2.45) is 0 Å². The van der Waals surface area contributed by atoms with E-state index in [9.17, 15) is 28.1 Å². The minimum Gasteiger partial charge on any atom is -0.305 e. The molecule has 2 rings (SSSR count). The van der Waals surface area contributed by atoms with Crippen LogP contribution in [0.25, 0.3) is 5.69 Å². The summed E-state index contributed by atoms with van der Waals surface area (Å²) in [5.74, 6) is -0.784. The van der Waals surface area contributed by atoms with Crippen LogP contribution in [-0.2, 0) is 11.0 Å². The molecule has 13 heteroatoms. The molecule has 1 heterocycles. The van der Waals surface area contributed by atoms with Crippen molar-refractivity contribution >= 4 is 52.2 Å². The molecule has 2 aromatic rings. The first-order valence-electron chi connectivity index (χ1n) is 7.21. The van der Waals surface area contributed by atoms with Gasteiger partial charge in [-0.05, 0) is 18.6 Å². The van der Waals surface area contributed by atoms with E-state index in [1.807, 2.05) is 0 Å². The number of rotatable bonds is 6. The van der Waals surface area contributed by atoms with Crippen molar-refractivity contribution in [3.63, 3.8) is 0 Å². The number of carbonyl (C=O) groups excluding carboxylic acids is 1. The van der Waals surface area contributed by atoms with Crippen LogP contribution < -0.4 is 5.32 Å². The second-order valence-electron chi connectivity index (χ2n) is 5.17. The van der Waals surface area contributed by atoms with E-state index >= 15 is 0 Å². The number of carbonyl (C=O) groups is 1. The van der Waals surface area contributed by atoms with E-state index < -0.39 is 38.3 Å². The van der Waals surface area contributed by atoms with Crippen LogP contribution >= 0.6 is 34.8 Å². The lowest BCUT2D eigenvalue weighted by Gasteiger charge is -2.14. The molecule has 0 radical (unpaired) electrons. The molecule has 0 fully saturated rings. The zero-order valence-corrected chi connectivity index (χ0v) is 15.5. The molecule has 0 aliphatic heterocycles. The third-order valence-electron chi connectivity index (χ3n) is 3.30. The third-order valence-corrected chi connectivity index (χ3v) is 4.14. The van der Waals surface area contributed by atoms with Gasteiger partial charge in [-0.15, -0.1) is 11.6 Å². The van der Waals surface area contributed by atoms with Gasteiger partial charge in [0.1, 0.15) is 11.9 Å². The first kappa shape index (κ1) is 21.3. The summed E-state index contributed by atoms with van der Waals surface area (Å²) in [6.07, 6.45) is -3.58. The summed E-state index contributed by atoms with van der Waals surface area (Å²) in [6, 6.07) is 1.21. The second kappa shape index (κ2) is 8.32. The molecule has 146 valence electrons. The number of nitrogens with one attached hydrogen (secondary N) is 1. The smallest absolute Gasteiger partial charge is 0.305 e. The van der Waals surface area contributed by atoms with Gasteiger partial charge in [-0.2, -0.15) is 18.3 Å². The van der Waals surface area contributed by atoms with Crippen molar-refractivity contribution < 1.29 is 22.9 Å². The first-order chi connectivity index (χ1) is 12.6. The van der Waals surface area contributed by atoms with Crippen molar-refractivity contribution in [3.8, 4) is 5.69 Å². The molecule has 1 N–H and O–H groups in total. The van der Waals surface area contributed by atoms with Crippen LogP contribution in [0.4, 0.5) is 24.7 Å². The topological polar surface area (TPSA) is 90.1 Å². The van der Waals surface area contributed by atoms with Crippen molar-refractivity contribution in [1.82, 2.24) is 9.78 Å². The Bertz CT molecular complexity index is 863. The van der Waals surface area contributed by atoms with Crippen LogP contribution in [0.1, 0.15) is 18.4 Å². The molecule has 1 amide bonds. The fourth-order valence-corrected chi connectivity index (χ4v) is 2.89. The van der Waals surface area contributed by atoms with Crippen LogP contribution in [-0.4, -0.2) is 26.5 Å². The number of amides is 1. The number of hydrogen-bond donors (Lipinski definition) is 1. The van der Waals surface area contributed by atoms with Crippen LogP contribution in [0.2, 0.25) is 10.0 Å². The highest BCUT2D eigenvalue weighted by Gasteiger charge is 2.33. The highest BCUT2D eigenvalue weighted by Crippen LogP contribution is 2.39. The van der Waals surface area contributed by atoms with Gasteiger partial charge in [0.05, 0.1) is 20.5 Å². The SMILES string of the molecule is O=C(CCCCl)Nc1c([N+](=O)[O-])cnn1-c1c(Cl)cc(C(F)(F)F)cc1Cl. The summed E-state index contributed by atoms with van der Waals surface area (Å²) >= 11 is 17.3. The van der Waals surface area contributed by atoms with E-state index in [1.165, 1.54) is 0 Å². The van der Waals surface area contributed by atoms with E-state index in [0.717, 1.165) is 10.9 Å². The van der Waals surface area contributed by atoms with Gasteiger partial charge < -0.3 is 5.32 Å². The molecule has 7 nitrogen and oxygen atoms in total. The molecular weight excluding hydrogens is 436 g/mol. The monoisotopic (exact) mass is 444 g/mol. The number of halogens is 6. The van der Waals surface area contributed by atoms with Gasteiger partial charge in [-0.3, -0.25) is 14.9 Å². The van der Waals surface area contributed by atoms with Crippen molar-refractivity contribution in [2.45, 2.75) is 19.0 Å². The molecule has 1 aromatic heterocycles. The summed E-state index contributed by atoms with van der Waals surface area (Å²) in [4.78, 5) is 22.3. The van der Waals surface area contributed by atoms with Crippen molar-refractivity contribution in [3.05, 3.63) is 44.1 Å². The summed E-state index contributed by atoms with van der Waals surface area (Å²) in [7, 11) is 0. The minimum atomic E-state index is -4.69. The molecule has 0 saturated carbocycles. The molecule has 27 heavy (non-hydrogen) atoms. The average molecular weight is 446 g/mol. The Labute approximate surface area is 165 Å². The normalized spacial score (nSPS) is 11.5. The Kier molecular flexibility index (Phi) is 6.55. The summed E-state index contributed by atoms with van der Waals surface area (Å²) < 4.78 is 39.4. The number of nitrogens with zero attached hydrogens (tertiary/aromatic N) is 3. The summed E-state index contributed by atoms with van der Waals surface area (Å²) in [5.41, 5.74) is -1.93. The standard InChI is InChI=1S/C14H10Cl3F3N4O3/c15-3-1-2-11(25)22-13-10(24(26)27)6-21-23(13)12-8(16)4-7(5-9(12)17)14(18,19)20/h4-6H,1-3H2,(H,22,25). The lowest BCUT2D eigenvalue weighted by molar-refractivity contribution is -0.384. The number of nitro groups is 1. The lowest BCUT2D eigenvalue weighted by atomic mass is 10.2. The Morgan fingerprint density at radius 1 is 1.30 bits per heavy atom. The first-order valence-corrected chi connectivity index (χ1v) is 8.50. The van der Waals surface area contributed by atoms with E-state index in [2.05, 4.69) is 10.4 Å². The number of alkyl halides is 4. The quantitative estimate of drug-likeness (QED) is 0.382. The van der Waals surface area contributed by atoms with E-state index in [1.54, 1.807) is 0 Å². The third kappa shape index (κ3) is 4.82. The van der Waals surface area contributed by atoms with Gasteiger partial charge in [0.15, 0.2) is 0 Å². The largest absolute Gasteiger partial charge is 0.416 e. The van der Waals surface area contributed by atoms with Crippen LogP contribution in [0.15, 0.2) is 18.3 Å². The highest BCUT2D eigenvalue weighted by molar-refractivity contribution is 6.38. The fourth-order valence-electron chi connectivity index (χ4n) is 2.11. The van der Waals surface area contributed by atoms with Gasteiger partial charge in [0.2, 0.25) is 11.7 Å². The van der Waals surface area contributed by atoms with Crippen molar-refractivity contribution in [2.75, 3.05) is 11.2 Å². The maximum absolute atomic E-state index is 12.9. The maximum Gasteiger partial charge on any atom is 0.416 e. The van der Waals surface area contributed by atoms with Gasteiger partial charge in [0, 0.05) is 12.3 Å². The number of benzene rings is 1. The van der Waals surface area contributed by atoms with Gasteiger partial charge >= 0.3 is 11.9 Å². The maximum atomic E-state index is 12.9. The zero-order valence-electron chi connectivity index (χ0n) is 13.2. The average Bonchev–Trinajstić information content (AvgIpc) is 2.95. The van der Waals surface area contributed by atoms with Crippen molar-refractivity contribution in [1.29, 1.82) is 0 Å². The Balaban J connectivity index is 2.56. The van der Waals surface area contributed by atoms with Crippen LogP contribution in [0.5, 0.6) is 0 Å². The summed E-state index contributed by atoms with van der Waals surface area (Å²) in [6.45, 7) is 0. The van der Waals surface area contributed by atoms with Gasteiger partial charge in [-0.1, -0.05) is 23.2 Å². The lowest BCUT2D eigenvalue weighted by Crippen LogP contribution is -2.16. The molecule has 0 atom stereocenters. The molecule has 0 aliphatic carbocycles. The van der Waals surface area contributed by atoms with Gasteiger partial charge in [-0.25, -0.2) is 4.68 Å². The predicted octanol–water partition coefficient (Wildman–Crippen LogP) is 5.06. The van der Waals surface area contributed by atoms with E-state index in [4.69, 9.17) is 34.8 Å². The molecule has 0 saturated heterocycles. The molecule has 0 aliphatic rings. The number of anilines is 1. The number of hydrogen-bond acceptors (Lipinski definition) is 4. The number of aromatic nitrogens is 2. The second-order valence-corrected chi connectivity index (χ2v) is 6.37. The van der Waals surface area contributed by atoms with Crippen LogP contribution in [0, 0.1) is 10.1 Å². The molecule has 0 bridgehead atoms. The fraction of sp³-hybridized carbons (Fsp3) is 0.286. The molecule has 0 unspecified atom stereocenters. The summed E-state index contributed by atoms with van der Waals surface area (Å²) in [5, 5.41) is 16.3. The molecular formula is C14H10Cl3F3N4O3. The molecule has 0 spiro atoms. The highest BCUT2D eigenvalue weighted by atomic mass is 35.5. The predicted molar refractivity (Wildman–Crippen MR) is 93.8 cm³/mol. The Hall–Kier alpha value is -2.04. The van der Waals surface area contributed by atoms with E-state index in [0.29, 0.717) is 18.6 Å². The Morgan fingerprint density at radius 2 is 1.89 bits per heavy atom. The Morgan fingerprint density at radius 3 is 2.37 bits per heavy atom. The minimum absolute atomic E-state index is 0.0275. The zero-order chi connectivity index (χ0) is 20.4. The van der Waals surface area contributed by atoms with Gasteiger partial charge in [0.25, 0.3) is 0 Å². The molecule has 1 aromatic carbocycles.